The Bertz CT molecular complexity index is 1100. The first-order valence-electron chi connectivity index (χ1n) is 13.4. The number of thioether (sulfide) groups is 3. The van der Waals surface area contributed by atoms with E-state index in [-0.39, 0.29) is 23.4 Å². The van der Waals surface area contributed by atoms with Crippen LogP contribution in [0.25, 0.3) is 0 Å². The van der Waals surface area contributed by atoms with E-state index in [1.807, 2.05) is 38.6 Å². The normalized spacial score (nSPS) is 28.9. The van der Waals surface area contributed by atoms with E-state index in [1.54, 1.807) is 17.8 Å². The van der Waals surface area contributed by atoms with Crippen LogP contribution in [0.15, 0.2) is 28.2 Å². The van der Waals surface area contributed by atoms with Gasteiger partial charge in [-0.3, -0.25) is 19.7 Å². The molecule has 0 amide bonds. The van der Waals surface area contributed by atoms with Gasteiger partial charge in [-0.25, -0.2) is 0 Å². The number of unbranched alkanes of at least 4 members (excludes halogenated alkanes) is 2. The number of methoxy groups -OCH3 is 1. The zero-order valence-electron chi connectivity index (χ0n) is 23.3. The zero-order valence-corrected chi connectivity index (χ0v) is 25.7. The number of esters is 1. The van der Waals surface area contributed by atoms with Crippen molar-refractivity contribution in [2.45, 2.75) is 81.7 Å². The number of hydrogen-bond acceptors (Lipinski definition) is 10. The summed E-state index contributed by atoms with van der Waals surface area (Å²) in [4.78, 5) is 24.4. The summed E-state index contributed by atoms with van der Waals surface area (Å²) in [6.07, 6.45) is 3.73. The molecule has 1 saturated heterocycles. The molecule has 0 spiro atoms. The lowest BCUT2D eigenvalue weighted by molar-refractivity contribution is -0.142. The Morgan fingerprint density at radius 2 is 2.08 bits per heavy atom. The third-order valence-electron chi connectivity index (χ3n) is 7.88. The van der Waals surface area contributed by atoms with Crippen LogP contribution >= 0.6 is 35.3 Å². The summed E-state index contributed by atoms with van der Waals surface area (Å²) in [6.45, 7) is 8.43. The molecular formula is C28H41N3O4S3. The van der Waals surface area contributed by atoms with E-state index in [0.29, 0.717) is 12.3 Å². The van der Waals surface area contributed by atoms with Crippen LogP contribution in [-0.2, 0) is 16.0 Å². The highest BCUT2D eigenvalue weighted by Gasteiger charge is 2.51. The summed E-state index contributed by atoms with van der Waals surface area (Å²) >= 11 is 4.97. The second-order valence-electron chi connectivity index (χ2n) is 11.2. The summed E-state index contributed by atoms with van der Waals surface area (Å²) in [5.41, 5.74) is 1.46. The standard InChI is InChI=1S/C28H41N3O4S3/c1-7-8-9-11-17-12-10-13-20(32)21(17)23-30-18(14-36-23)24-31(5)19(15-37-24)22(33)27(2,3)25-29-16-28(4,38-25)26(34)35-6/h10,12-13,18-19,22,24,32-33H,7-9,11,14-16H2,1-6H3/t18-,19+,22-,24-,28+/m1/s1. The molecule has 1 aromatic carbocycles. The van der Waals surface area contributed by atoms with E-state index < -0.39 is 16.3 Å². The summed E-state index contributed by atoms with van der Waals surface area (Å²) < 4.78 is 4.24. The third-order valence-corrected chi connectivity index (χ3v) is 12.1. The molecule has 210 valence electrons. The predicted octanol–water partition coefficient (Wildman–Crippen LogP) is 4.82. The number of aryl methyl sites for hydroxylation is 1. The van der Waals surface area contributed by atoms with Gasteiger partial charge in [-0.15, -0.1) is 23.5 Å². The van der Waals surface area contributed by atoms with Gasteiger partial charge >= 0.3 is 5.97 Å². The van der Waals surface area contributed by atoms with Crippen molar-refractivity contribution in [3.63, 3.8) is 0 Å². The maximum Gasteiger partial charge on any atom is 0.323 e. The van der Waals surface area contributed by atoms with E-state index >= 15 is 0 Å². The Kier molecular flexibility index (Phi) is 9.50. The largest absolute Gasteiger partial charge is 0.507 e. The lowest BCUT2D eigenvalue weighted by Crippen LogP contribution is -2.52. The van der Waals surface area contributed by atoms with E-state index in [0.717, 1.165) is 46.4 Å². The highest BCUT2D eigenvalue weighted by atomic mass is 32.2. The number of hydrogen-bond donors (Lipinski definition) is 2. The molecule has 5 atom stereocenters. The fourth-order valence-corrected chi connectivity index (χ4v) is 9.48. The Balaban J connectivity index is 1.46. The number of phenols is 1. The number of phenolic OH excluding ortho intramolecular Hbond substituents is 1. The number of carbonyl (C=O) groups excluding carboxylic acids is 1. The Labute approximate surface area is 239 Å². The van der Waals surface area contributed by atoms with Crippen LogP contribution in [0.3, 0.4) is 0 Å². The highest BCUT2D eigenvalue weighted by Crippen LogP contribution is 2.46. The molecule has 7 nitrogen and oxygen atoms in total. The van der Waals surface area contributed by atoms with Gasteiger partial charge in [-0.05, 0) is 38.4 Å². The minimum atomic E-state index is -0.746. The molecule has 0 saturated carbocycles. The molecule has 10 heteroatoms. The van der Waals surface area contributed by atoms with Crippen molar-refractivity contribution >= 4 is 51.3 Å². The fourth-order valence-electron chi connectivity index (χ4n) is 5.36. The molecule has 0 unspecified atom stereocenters. The monoisotopic (exact) mass is 579 g/mol. The number of carbonyl (C=O) groups is 1. The lowest BCUT2D eigenvalue weighted by atomic mass is 9.83. The number of aliphatic hydroxyl groups is 1. The summed E-state index contributed by atoms with van der Waals surface area (Å²) in [5.74, 6) is 1.67. The molecule has 3 aliphatic heterocycles. The first-order chi connectivity index (χ1) is 18.0. The molecule has 0 radical (unpaired) electrons. The van der Waals surface area contributed by atoms with Crippen LogP contribution in [0.4, 0.5) is 0 Å². The lowest BCUT2D eigenvalue weighted by Gasteiger charge is -2.38. The van der Waals surface area contributed by atoms with Crippen molar-refractivity contribution in [3.05, 3.63) is 29.3 Å². The third kappa shape index (κ3) is 5.80. The zero-order chi connectivity index (χ0) is 27.7. The Morgan fingerprint density at radius 1 is 1.32 bits per heavy atom. The molecule has 38 heavy (non-hydrogen) atoms. The van der Waals surface area contributed by atoms with Gasteiger partial charge < -0.3 is 14.9 Å². The van der Waals surface area contributed by atoms with E-state index in [9.17, 15) is 15.0 Å². The molecule has 0 aliphatic carbocycles. The number of aliphatic hydroxyl groups excluding tert-OH is 1. The van der Waals surface area contributed by atoms with Gasteiger partial charge in [-0.1, -0.05) is 57.5 Å². The van der Waals surface area contributed by atoms with Gasteiger partial charge in [0.05, 0.1) is 41.8 Å². The molecule has 3 heterocycles. The molecule has 1 aromatic rings. The van der Waals surface area contributed by atoms with E-state index in [2.05, 4.69) is 29.9 Å². The van der Waals surface area contributed by atoms with Crippen molar-refractivity contribution in [2.24, 2.45) is 15.4 Å². The van der Waals surface area contributed by atoms with Gasteiger partial charge in [0.25, 0.3) is 0 Å². The van der Waals surface area contributed by atoms with Crippen LogP contribution in [0.1, 0.15) is 58.1 Å². The van der Waals surface area contributed by atoms with Gasteiger partial charge in [0.2, 0.25) is 0 Å². The highest BCUT2D eigenvalue weighted by molar-refractivity contribution is 8.16. The second kappa shape index (κ2) is 12.1. The van der Waals surface area contributed by atoms with Crippen LogP contribution in [0.5, 0.6) is 5.75 Å². The maximum atomic E-state index is 12.3. The summed E-state index contributed by atoms with van der Waals surface area (Å²) in [5, 5.41) is 24.2. The number of benzene rings is 1. The van der Waals surface area contributed by atoms with Crippen LogP contribution in [0, 0.1) is 5.41 Å². The van der Waals surface area contributed by atoms with E-state index in [1.165, 1.54) is 30.9 Å². The fraction of sp³-hybridized carbons (Fsp3) is 0.679. The van der Waals surface area contributed by atoms with Crippen molar-refractivity contribution in [1.82, 2.24) is 4.90 Å². The molecule has 3 aliphatic rings. The molecule has 1 fully saturated rings. The number of rotatable bonds is 10. The van der Waals surface area contributed by atoms with E-state index in [4.69, 9.17) is 9.73 Å². The topological polar surface area (TPSA) is 94.7 Å². The van der Waals surface area contributed by atoms with Crippen molar-refractivity contribution < 1.29 is 19.7 Å². The molecule has 4 rings (SSSR count). The Morgan fingerprint density at radius 3 is 2.79 bits per heavy atom. The number of nitrogens with zero attached hydrogens (tertiary/aromatic N) is 3. The minimum Gasteiger partial charge on any atom is -0.507 e. The molecule has 0 bridgehead atoms. The minimum absolute atomic E-state index is 0.0627. The predicted molar refractivity (Wildman–Crippen MR) is 162 cm³/mol. The van der Waals surface area contributed by atoms with Crippen LogP contribution < -0.4 is 0 Å². The van der Waals surface area contributed by atoms with Crippen molar-refractivity contribution in [2.75, 3.05) is 32.2 Å². The van der Waals surface area contributed by atoms with Gasteiger partial charge in [0.15, 0.2) is 0 Å². The Hall–Kier alpha value is -1.20. The summed E-state index contributed by atoms with van der Waals surface area (Å²) in [6, 6.07) is 5.81. The SMILES string of the molecule is CCCCCc1cccc(O)c1C1=N[C@@H]([C@H]2SC[C@@H]([C@@H](O)C(C)(C)C3=NC[C@@](C)(C(=O)OC)S3)N2C)CS1. The molecule has 0 aromatic heterocycles. The summed E-state index contributed by atoms with van der Waals surface area (Å²) in [7, 11) is 3.48. The maximum absolute atomic E-state index is 12.3. The smallest absolute Gasteiger partial charge is 0.323 e. The number of aliphatic imine (C=N–C) groups is 2. The first kappa shape index (κ1) is 29.8. The van der Waals surface area contributed by atoms with Crippen molar-refractivity contribution in [3.8, 4) is 5.75 Å². The number of ether oxygens (including phenoxy) is 1. The first-order valence-corrected chi connectivity index (χ1v) is 16.2. The second-order valence-corrected chi connectivity index (χ2v) is 14.8. The van der Waals surface area contributed by atoms with Crippen molar-refractivity contribution in [1.29, 1.82) is 0 Å². The number of likely N-dealkylation sites (N-methyl/N-ethyl adjacent to an activating group) is 1. The molecule has 2 N–H and O–H groups in total. The van der Waals surface area contributed by atoms with Crippen LogP contribution in [0.2, 0.25) is 0 Å². The number of aromatic hydroxyl groups is 1. The quantitative estimate of drug-likeness (QED) is 0.301. The average molecular weight is 580 g/mol. The average Bonchev–Trinajstić information content (AvgIpc) is 3.62. The van der Waals surface area contributed by atoms with Gasteiger partial charge in [-0.2, -0.15) is 0 Å². The molecular weight excluding hydrogens is 539 g/mol. The van der Waals surface area contributed by atoms with Crippen LogP contribution in [-0.4, -0.2) is 91.7 Å². The van der Waals surface area contributed by atoms with Gasteiger partial charge in [0.1, 0.15) is 15.5 Å². The van der Waals surface area contributed by atoms with Gasteiger partial charge in [0, 0.05) is 23.0 Å².